The molecule has 0 saturated carbocycles. The smallest absolute Gasteiger partial charge is 0.264 e. The molecule has 5 nitrogen and oxygen atoms in total. The standard InChI is InChI=1S/C17H17ClN2O3S/c1-10-7-14(15(21)8-11(10)2)19-17(24)20-16(22)9-23-13-5-3-12(18)4-6-13/h3-8,21H,9H2,1-2H3,(H2,19,20,22,24). The fourth-order valence-electron chi connectivity index (χ4n) is 1.90. The number of rotatable bonds is 4. The van der Waals surface area contributed by atoms with Crippen molar-refractivity contribution in [1.29, 1.82) is 0 Å². The predicted octanol–water partition coefficient (Wildman–Crippen LogP) is 3.55. The van der Waals surface area contributed by atoms with Crippen molar-refractivity contribution in [3.8, 4) is 11.5 Å². The summed E-state index contributed by atoms with van der Waals surface area (Å²) in [6, 6.07) is 10.1. The number of carbonyl (C=O) groups is 1. The molecule has 0 saturated heterocycles. The second kappa shape index (κ2) is 7.99. The van der Waals surface area contributed by atoms with Gasteiger partial charge in [0, 0.05) is 5.02 Å². The first-order chi connectivity index (χ1) is 11.3. The Morgan fingerprint density at radius 2 is 1.83 bits per heavy atom. The molecule has 1 amide bonds. The third-order valence-corrected chi connectivity index (χ3v) is 3.75. The molecule has 3 N–H and O–H groups in total. The molecule has 7 heteroatoms. The van der Waals surface area contributed by atoms with Crippen LogP contribution in [0.1, 0.15) is 11.1 Å². The second-order valence-electron chi connectivity index (χ2n) is 5.20. The van der Waals surface area contributed by atoms with E-state index in [1.54, 1.807) is 36.4 Å². The monoisotopic (exact) mass is 364 g/mol. The van der Waals surface area contributed by atoms with Crippen molar-refractivity contribution >= 4 is 40.5 Å². The largest absolute Gasteiger partial charge is 0.506 e. The molecule has 0 fully saturated rings. The van der Waals surface area contributed by atoms with E-state index in [1.807, 2.05) is 13.8 Å². The van der Waals surface area contributed by atoms with Gasteiger partial charge in [0.2, 0.25) is 0 Å². The van der Waals surface area contributed by atoms with Crippen molar-refractivity contribution in [2.24, 2.45) is 0 Å². The van der Waals surface area contributed by atoms with Gasteiger partial charge in [-0.3, -0.25) is 10.1 Å². The number of nitrogens with one attached hydrogen (secondary N) is 2. The molecule has 0 spiro atoms. The van der Waals surface area contributed by atoms with Crippen LogP contribution in [-0.4, -0.2) is 22.7 Å². The normalized spacial score (nSPS) is 10.1. The van der Waals surface area contributed by atoms with E-state index >= 15 is 0 Å². The number of thiocarbonyl (C=S) groups is 1. The molecule has 0 radical (unpaired) electrons. The van der Waals surface area contributed by atoms with Gasteiger partial charge < -0.3 is 15.2 Å². The van der Waals surface area contributed by atoms with Crippen molar-refractivity contribution in [2.75, 3.05) is 11.9 Å². The van der Waals surface area contributed by atoms with Crippen LogP contribution in [0.15, 0.2) is 36.4 Å². The van der Waals surface area contributed by atoms with Gasteiger partial charge in [0.25, 0.3) is 5.91 Å². The van der Waals surface area contributed by atoms with Gasteiger partial charge in [-0.2, -0.15) is 0 Å². The number of anilines is 1. The van der Waals surface area contributed by atoms with Gasteiger partial charge in [-0.25, -0.2) is 0 Å². The van der Waals surface area contributed by atoms with Gasteiger partial charge >= 0.3 is 0 Å². The van der Waals surface area contributed by atoms with E-state index in [9.17, 15) is 9.90 Å². The van der Waals surface area contributed by atoms with Gasteiger partial charge in [-0.1, -0.05) is 11.6 Å². The first kappa shape index (κ1) is 18.0. The van der Waals surface area contributed by atoms with Gasteiger partial charge in [-0.15, -0.1) is 0 Å². The zero-order valence-corrected chi connectivity index (χ0v) is 14.8. The molecule has 0 bridgehead atoms. The fraction of sp³-hybridized carbons (Fsp3) is 0.176. The van der Waals surface area contributed by atoms with Crippen LogP contribution < -0.4 is 15.4 Å². The Labute approximate surface area is 150 Å². The highest BCUT2D eigenvalue weighted by Gasteiger charge is 2.09. The van der Waals surface area contributed by atoms with Crippen molar-refractivity contribution < 1.29 is 14.6 Å². The average Bonchev–Trinajstić information content (AvgIpc) is 2.52. The number of aromatic hydroxyl groups is 1. The molecule has 0 aliphatic heterocycles. The highest BCUT2D eigenvalue weighted by Crippen LogP contribution is 2.26. The summed E-state index contributed by atoms with van der Waals surface area (Å²) < 4.78 is 5.32. The van der Waals surface area contributed by atoms with E-state index in [0.29, 0.717) is 16.5 Å². The summed E-state index contributed by atoms with van der Waals surface area (Å²) in [4.78, 5) is 11.8. The maximum Gasteiger partial charge on any atom is 0.264 e. The lowest BCUT2D eigenvalue weighted by molar-refractivity contribution is -0.121. The van der Waals surface area contributed by atoms with Gasteiger partial charge in [0.15, 0.2) is 11.7 Å². The van der Waals surface area contributed by atoms with Crippen molar-refractivity contribution in [2.45, 2.75) is 13.8 Å². The zero-order valence-electron chi connectivity index (χ0n) is 13.2. The number of aryl methyl sites for hydroxylation is 2. The number of phenols is 1. The number of hydrogen-bond donors (Lipinski definition) is 3. The maximum atomic E-state index is 11.8. The minimum Gasteiger partial charge on any atom is -0.506 e. The van der Waals surface area contributed by atoms with Gasteiger partial charge in [0.1, 0.15) is 11.5 Å². The van der Waals surface area contributed by atoms with Crippen LogP contribution in [-0.2, 0) is 4.79 Å². The van der Waals surface area contributed by atoms with Crippen LogP contribution in [0.4, 0.5) is 5.69 Å². The summed E-state index contributed by atoms with van der Waals surface area (Å²) >= 11 is 10.8. The zero-order chi connectivity index (χ0) is 17.7. The first-order valence-corrected chi connectivity index (χ1v) is 7.93. The van der Waals surface area contributed by atoms with E-state index in [4.69, 9.17) is 28.6 Å². The Morgan fingerprint density at radius 3 is 2.50 bits per heavy atom. The lowest BCUT2D eigenvalue weighted by atomic mass is 10.1. The SMILES string of the molecule is Cc1cc(O)c(NC(=S)NC(=O)COc2ccc(Cl)cc2)cc1C. The molecule has 2 aromatic carbocycles. The van der Waals surface area contributed by atoms with Crippen molar-refractivity contribution in [1.82, 2.24) is 5.32 Å². The molecule has 24 heavy (non-hydrogen) atoms. The highest BCUT2D eigenvalue weighted by molar-refractivity contribution is 7.80. The fourth-order valence-corrected chi connectivity index (χ4v) is 2.25. The van der Waals surface area contributed by atoms with Crippen LogP contribution in [0.3, 0.4) is 0 Å². The summed E-state index contributed by atoms with van der Waals surface area (Å²) in [5.41, 5.74) is 2.39. The molecule has 0 atom stereocenters. The highest BCUT2D eigenvalue weighted by atomic mass is 35.5. The first-order valence-electron chi connectivity index (χ1n) is 7.14. The minimum atomic E-state index is -0.411. The molecule has 0 unspecified atom stereocenters. The summed E-state index contributed by atoms with van der Waals surface area (Å²) in [5, 5.41) is 15.9. The predicted molar refractivity (Wildman–Crippen MR) is 98.9 cm³/mol. The molecule has 2 aromatic rings. The summed E-state index contributed by atoms with van der Waals surface area (Å²) in [7, 11) is 0. The molecular formula is C17H17ClN2O3S. The van der Waals surface area contributed by atoms with Crippen LogP contribution in [0, 0.1) is 13.8 Å². The van der Waals surface area contributed by atoms with Crippen LogP contribution >= 0.6 is 23.8 Å². The molecule has 0 aliphatic rings. The van der Waals surface area contributed by atoms with E-state index in [1.165, 1.54) is 0 Å². The molecule has 126 valence electrons. The summed E-state index contributed by atoms with van der Waals surface area (Å²) in [6.07, 6.45) is 0. The Morgan fingerprint density at radius 1 is 1.21 bits per heavy atom. The summed E-state index contributed by atoms with van der Waals surface area (Å²) in [5.74, 6) is 0.179. The van der Waals surface area contributed by atoms with E-state index in [-0.39, 0.29) is 17.5 Å². The molecule has 0 aromatic heterocycles. The third kappa shape index (κ3) is 5.11. The van der Waals surface area contributed by atoms with Crippen molar-refractivity contribution in [3.05, 3.63) is 52.5 Å². The maximum absolute atomic E-state index is 11.8. The summed E-state index contributed by atoms with van der Waals surface area (Å²) in [6.45, 7) is 3.62. The number of hydrogen-bond acceptors (Lipinski definition) is 4. The van der Waals surface area contributed by atoms with E-state index < -0.39 is 5.91 Å². The number of amides is 1. The lowest BCUT2D eigenvalue weighted by Gasteiger charge is -2.13. The number of benzene rings is 2. The number of phenolic OH excluding ortho intramolecular Hbond substituents is 1. The van der Waals surface area contributed by atoms with E-state index in [2.05, 4.69) is 10.6 Å². The second-order valence-corrected chi connectivity index (χ2v) is 6.04. The van der Waals surface area contributed by atoms with Crippen LogP contribution in [0.5, 0.6) is 11.5 Å². The third-order valence-electron chi connectivity index (χ3n) is 3.30. The minimum absolute atomic E-state index is 0.0621. The number of carbonyl (C=O) groups excluding carboxylic acids is 1. The lowest BCUT2D eigenvalue weighted by Crippen LogP contribution is -2.37. The Hall–Kier alpha value is -2.31. The Kier molecular flexibility index (Phi) is 6.00. The average molecular weight is 365 g/mol. The van der Waals surface area contributed by atoms with Gasteiger partial charge in [0.05, 0.1) is 5.69 Å². The Balaban J connectivity index is 1.86. The number of halogens is 1. The van der Waals surface area contributed by atoms with Crippen LogP contribution in [0.25, 0.3) is 0 Å². The molecular weight excluding hydrogens is 348 g/mol. The van der Waals surface area contributed by atoms with Crippen LogP contribution in [0.2, 0.25) is 5.02 Å². The Bertz CT molecular complexity index is 763. The molecule has 2 rings (SSSR count). The quantitative estimate of drug-likeness (QED) is 0.571. The van der Waals surface area contributed by atoms with Gasteiger partial charge in [-0.05, 0) is 73.6 Å². The topological polar surface area (TPSA) is 70.6 Å². The van der Waals surface area contributed by atoms with Crippen molar-refractivity contribution in [3.63, 3.8) is 0 Å². The van der Waals surface area contributed by atoms with E-state index in [0.717, 1.165) is 11.1 Å². The number of ether oxygens (including phenoxy) is 1. The molecule has 0 aliphatic carbocycles. The molecule has 0 heterocycles.